The first-order valence-corrected chi connectivity index (χ1v) is 8.77. The van der Waals surface area contributed by atoms with Gasteiger partial charge in [-0.25, -0.2) is 0 Å². The number of benzene rings is 3. The molecule has 2 nitrogen and oxygen atoms in total. The number of hydrogen-bond acceptors (Lipinski definition) is 2. The Balaban J connectivity index is 1.78. The Kier molecular flexibility index (Phi) is 3.95. The average Bonchev–Trinajstić information content (AvgIpc) is 3.10. The van der Waals surface area contributed by atoms with Gasteiger partial charge in [0, 0.05) is 10.0 Å². The standard InChI is InChI=1S/C21H17BrN2/c22-19-13-7-8-16(14-19)20-23-15-21(24-20,17-9-3-1-4-10-17)18-11-5-2-6-12-18/h1-14H,15H2,(H,23,24). The lowest BCUT2D eigenvalue weighted by molar-refractivity contribution is 0.524. The molecule has 3 aromatic rings. The van der Waals surface area contributed by atoms with Gasteiger partial charge in [-0.05, 0) is 23.3 Å². The van der Waals surface area contributed by atoms with Crippen molar-refractivity contribution in [3.05, 3.63) is 106 Å². The zero-order valence-electron chi connectivity index (χ0n) is 13.1. The Hall–Kier alpha value is -2.39. The van der Waals surface area contributed by atoms with E-state index in [1.807, 2.05) is 24.3 Å². The zero-order chi connectivity index (χ0) is 16.4. The first-order valence-electron chi connectivity index (χ1n) is 7.98. The molecule has 0 saturated heterocycles. The summed E-state index contributed by atoms with van der Waals surface area (Å²) in [6, 6.07) is 29.3. The van der Waals surface area contributed by atoms with Gasteiger partial charge < -0.3 is 5.32 Å². The smallest absolute Gasteiger partial charge is 0.129 e. The summed E-state index contributed by atoms with van der Waals surface area (Å²) in [6.07, 6.45) is 0. The van der Waals surface area contributed by atoms with E-state index >= 15 is 0 Å². The molecule has 1 N–H and O–H groups in total. The van der Waals surface area contributed by atoms with Crippen molar-refractivity contribution in [1.29, 1.82) is 0 Å². The SMILES string of the molecule is Brc1cccc(C2=NCC(c3ccccc3)(c3ccccc3)N2)c1. The normalized spacial score (nSPS) is 15.6. The van der Waals surface area contributed by atoms with Gasteiger partial charge in [-0.15, -0.1) is 0 Å². The highest BCUT2D eigenvalue weighted by atomic mass is 79.9. The van der Waals surface area contributed by atoms with Crippen LogP contribution in [0.1, 0.15) is 16.7 Å². The summed E-state index contributed by atoms with van der Waals surface area (Å²) in [7, 11) is 0. The molecular formula is C21H17BrN2. The molecule has 0 unspecified atom stereocenters. The van der Waals surface area contributed by atoms with Crippen LogP contribution in [0.4, 0.5) is 0 Å². The number of nitrogens with zero attached hydrogens (tertiary/aromatic N) is 1. The van der Waals surface area contributed by atoms with Crippen LogP contribution in [0.3, 0.4) is 0 Å². The molecule has 0 bridgehead atoms. The van der Waals surface area contributed by atoms with Gasteiger partial charge in [0.2, 0.25) is 0 Å². The van der Waals surface area contributed by atoms with Crippen LogP contribution in [0.5, 0.6) is 0 Å². The first kappa shape index (κ1) is 15.2. The number of hydrogen-bond donors (Lipinski definition) is 1. The molecular weight excluding hydrogens is 360 g/mol. The third-order valence-electron chi connectivity index (χ3n) is 4.44. The summed E-state index contributed by atoms with van der Waals surface area (Å²) in [5.41, 5.74) is 3.23. The molecule has 3 aromatic carbocycles. The number of nitrogens with one attached hydrogen (secondary N) is 1. The Bertz CT molecular complexity index is 833. The van der Waals surface area contributed by atoms with Crippen molar-refractivity contribution >= 4 is 21.8 Å². The lowest BCUT2D eigenvalue weighted by atomic mass is 9.83. The van der Waals surface area contributed by atoms with Crippen LogP contribution >= 0.6 is 15.9 Å². The number of aliphatic imine (C=N–C) groups is 1. The van der Waals surface area contributed by atoms with Gasteiger partial charge in [0.05, 0.1) is 6.54 Å². The van der Waals surface area contributed by atoms with Crippen LogP contribution in [0.15, 0.2) is 94.4 Å². The second-order valence-electron chi connectivity index (χ2n) is 5.94. The van der Waals surface area contributed by atoms with Crippen LogP contribution in [0.25, 0.3) is 0 Å². The maximum atomic E-state index is 4.84. The highest BCUT2D eigenvalue weighted by Crippen LogP contribution is 2.34. The van der Waals surface area contributed by atoms with Crippen LogP contribution in [0, 0.1) is 0 Å². The van der Waals surface area contributed by atoms with Crippen LogP contribution in [-0.2, 0) is 5.54 Å². The van der Waals surface area contributed by atoms with E-state index in [0.717, 1.165) is 15.9 Å². The molecule has 0 amide bonds. The molecule has 0 saturated carbocycles. The largest absolute Gasteiger partial charge is 0.355 e. The summed E-state index contributed by atoms with van der Waals surface area (Å²) in [5, 5.41) is 3.71. The zero-order valence-corrected chi connectivity index (χ0v) is 14.7. The Morgan fingerprint density at radius 1 is 0.792 bits per heavy atom. The second-order valence-corrected chi connectivity index (χ2v) is 6.85. The van der Waals surface area contributed by atoms with E-state index < -0.39 is 0 Å². The molecule has 0 spiro atoms. The second kappa shape index (κ2) is 6.25. The molecule has 0 aromatic heterocycles. The van der Waals surface area contributed by atoms with E-state index in [-0.39, 0.29) is 5.54 Å². The van der Waals surface area contributed by atoms with Crippen LogP contribution < -0.4 is 5.32 Å². The maximum Gasteiger partial charge on any atom is 0.129 e. The van der Waals surface area contributed by atoms with E-state index in [2.05, 4.69) is 81.9 Å². The van der Waals surface area contributed by atoms with Gasteiger partial charge in [-0.3, -0.25) is 4.99 Å². The molecule has 24 heavy (non-hydrogen) atoms. The third-order valence-corrected chi connectivity index (χ3v) is 4.93. The van der Waals surface area contributed by atoms with Crippen molar-refractivity contribution in [3.8, 4) is 0 Å². The lowest BCUT2D eigenvalue weighted by Crippen LogP contribution is -2.44. The molecule has 0 fully saturated rings. The molecule has 118 valence electrons. The van der Waals surface area contributed by atoms with Crippen molar-refractivity contribution in [2.45, 2.75) is 5.54 Å². The monoisotopic (exact) mass is 376 g/mol. The van der Waals surface area contributed by atoms with E-state index in [1.54, 1.807) is 0 Å². The van der Waals surface area contributed by atoms with Crippen molar-refractivity contribution in [3.63, 3.8) is 0 Å². The highest BCUT2D eigenvalue weighted by molar-refractivity contribution is 9.10. The summed E-state index contributed by atoms with van der Waals surface area (Å²) in [4.78, 5) is 4.84. The molecule has 4 rings (SSSR count). The highest BCUT2D eigenvalue weighted by Gasteiger charge is 2.39. The van der Waals surface area contributed by atoms with E-state index in [4.69, 9.17) is 4.99 Å². The molecule has 1 aliphatic heterocycles. The number of amidine groups is 1. The minimum atomic E-state index is -0.319. The Morgan fingerprint density at radius 2 is 1.42 bits per heavy atom. The molecule has 1 aliphatic rings. The van der Waals surface area contributed by atoms with Crippen LogP contribution in [-0.4, -0.2) is 12.4 Å². The van der Waals surface area contributed by atoms with Crippen molar-refractivity contribution < 1.29 is 0 Å². The topological polar surface area (TPSA) is 24.4 Å². The summed E-state index contributed by atoms with van der Waals surface area (Å²) >= 11 is 3.54. The first-order chi connectivity index (χ1) is 11.8. The van der Waals surface area contributed by atoms with Gasteiger partial charge in [0.15, 0.2) is 0 Å². The summed E-state index contributed by atoms with van der Waals surface area (Å²) in [6.45, 7) is 0.683. The van der Waals surface area contributed by atoms with E-state index in [9.17, 15) is 0 Å². The fraction of sp³-hybridized carbons (Fsp3) is 0.0952. The number of rotatable bonds is 3. The van der Waals surface area contributed by atoms with Crippen molar-refractivity contribution in [2.24, 2.45) is 4.99 Å². The molecule has 0 aliphatic carbocycles. The summed E-state index contributed by atoms with van der Waals surface area (Å²) in [5.74, 6) is 0.934. The third kappa shape index (κ3) is 2.65. The van der Waals surface area contributed by atoms with Gasteiger partial charge in [-0.2, -0.15) is 0 Å². The van der Waals surface area contributed by atoms with Crippen LogP contribution in [0.2, 0.25) is 0 Å². The fourth-order valence-electron chi connectivity index (χ4n) is 3.22. The Morgan fingerprint density at radius 3 is 2.00 bits per heavy atom. The molecule has 0 atom stereocenters. The van der Waals surface area contributed by atoms with Crippen molar-refractivity contribution in [2.75, 3.05) is 6.54 Å². The Labute approximate surface area is 150 Å². The quantitative estimate of drug-likeness (QED) is 0.701. The summed E-state index contributed by atoms with van der Waals surface area (Å²) < 4.78 is 1.06. The van der Waals surface area contributed by atoms with Gasteiger partial charge in [0.25, 0.3) is 0 Å². The van der Waals surface area contributed by atoms with Crippen molar-refractivity contribution in [1.82, 2.24) is 5.32 Å². The van der Waals surface area contributed by atoms with Gasteiger partial charge in [-0.1, -0.05) is 88.7 Å². The van der Waals surface area contributed by atoms with E-state index in [0.29, 0.717) is 6.54 Å². The lowest BCUT2D eigenvalue weighted by Gasteiger charge is -2.31. The fourth-order valence-corrected chi connectivity index (χ4v) is 3.62. The van der Waals surface area contributed by atoms with Gasteiger partial charge >= 0.3 is 0 Å². The average molecular weight is 377 g/mol. The number of halogens is 1. The minimum absolute atomic E-state index is 0.319. The van der Waals surface area contributed by atoms with E-state index in [1.165, 1.54) is 11.1 Å². The molecule has 0 radical (unpaired) electrons. The predicted molar refractivity (Wildman–Crippen MR) is 102 cm³/mol. The predicted octanol–water partition coefficient (Wildman–Crippen LogP) is 4.74. The molecule has 3 heteroatoms. The molecule has 1 heterocycles. The van der Waals surface area contributed by atoms with Gasteiger partial charge in [0.1, 0.15) is 11.4 Å². The minimum Gasteiger partial charge on any atom is -0.355 e. The maximum absolute atomic E-state index is 4.84.